The Balaban J connectivity index is 2.37. The van der Waals surface area contributed by atoms with Crippen molar-refractivity contribution >= 4 is 5.52 Å². The van der Waals surface area contributed by atoms with Crippen LogP contribution in [-0.2, 0) is 6.42 Å². The Morgan fingerprint density at radius 2 is 2.31 bits per heavy atom. The quantitative estimate of drug-likeness (QED) is 0.745. The minimum atomic E-state index is 0.713. The molecule has 0 aliphatic heterocycles. The molecular formula is C9H12N4. The minimum Gasteiger partial charge on any atom is -0.330 e. The summed E-state index contributed by atoms with van der Waals surface area (Å²) in [6.45, 7) is 0.713. The zero-order valence-corrected chi connectivity index (χ0v) is 7.35. The zero-order chi connectivity index (χ0) is 9.10. The van der Waals surface area contributed by atoms with Crippen LogP contribution in [0.4, 0.5) is 0 Å². The van der Waals surface area contributed by atoms with Crippen LogP contribution in [0.5, 0.6) is 0 Å². The molecular weight excluding hydrogens is 164 g/mol. The predicted molar refractivity (Wildman–Crippen MR) is 50.4 cm³/mol. The average Bonchev–Trinajstić information content (AvgIpc) is 2.62. The molecule has 0 bridgehead atoms. The lowest BCUT2D eigenvalue weighted by atomic mass is 10.2. The number of rotatable bonds is 3. The summed E-state index contributed by atoms with van der Waals surface area (Å²) in [5.41, 5.74) is 7.65. The summed E-state index contributed by atoms with van der Waals surface area (Å²) >= 11 is 0. The number of aryl methyl sites for hydroxylation is 1. The average molecular weight is 176 g/mol. The molecule has 2 aromatic heterocycles. The summed E-state index contributed by atoms with van der Waals surface area (Å²) in [6, 6.07) is 6.06. The maximum atomic E-state index is 5.45. The van der Waals surface area contributed by atoms with Gasteiger partial charge in [-0.1, -0.05) is 11.3 Å². The maximum absolute atomic E-state index is 5.45. The number of nitrogens with two attached hydrogens (primary N) is 1. The Morgan fingerprint density at radius 1 is 1.38 bits per heavy atom. The molecule has 0 saturated heterocycles. The van der Waals surface area contributed by atoms with Gasteiger partial charge in [-0.2, -0.15) is 0 Å². The Hall–Kier alpha value is -1.42. The van der Waals surface area contributed by atoms with Crippen molar-refractivity contribution in [1.82, 2.24) is 14.8 Å². The largest absolute Gasteiger partial charge is 0.330 e. The van der Waals surface area contributed by atoms with Crippen LogP contribution in [0.1, 0.15) is 12.1 Å². The molecule has 0 radical (unpaired) electrons. The highest BCUT2D eigenvalue weighted by Gasteiger charge is 1.99. The van der Waals surface area contributed by atoms with Crippen molar-refractivity contribution in [2.45, 2.75) is 12.8 Å². The van der Waals surface area contributed by atoms with Gasteiger partial charge in [-0.15, -0.1) is 5.10 Å². The maximum Gasteiger partial charge on any atom is 0.0868 e. The van der Waals surface area contributed by atoms with Gasteiger partial charge in [0.25, 0.3) is 0 Å². The zero-order valence-electron chi connectivity index (χ0n) is 7.35. The van der Waals surface area contributed by atoms with Crippen molar-refractivity contribution in [3.8, 4) is 0 Å². The second kappa shape index (κ2) is 3.53. The second-order valence-electron chi connectivity index (χ2n) is 2.98. The molecule has 68 valence electrons. The molecule has 0 saturated carbocycles. The SMILES string of the molecule is NCCCc1cccc2cnnn12. The molecule has 0 fully saturated rings. The van der Waals surface area contributed by atoms with Crippen molar-refractivity contribution < 1.29 is 0 Å². The van der Waals surface area contributed by atoms with Crippen molar-refractivity contribution in [2.75, 3.05) is 6.54 Å². The molecule has 0 aliphatic carbocycles. The van der Waals surface area contributed by atoms with Crippen LogP contribution in [0.2, 0.25) is 0 Å². The van der Waals surface area contributed by atoms with E-state index in [2.05, 4.69) is 16.4 Å². The van der Waals surface area contributed by atoms with Crippen molar-refractivity contribution in [3.05, 3.63) is 30.1 Å². The van der Waals surface area contributed by atoms with Crippen LogP contribution in [0.15, 0.2) is 24.4 Å². The van der Waals surface area contributed by atoms with E-state index in [4.69, 9.17) is 5.73 Å². The standard InChI is InChI=1S/C9H12N4/c10-6-2-5-8-3-1-4-9-7-11-12-13(8)9/h1,3-4,7H,2,5-6,10H2. The van der Waals surface area contributed by atoms with E-state index < -0.39 is 0 Å². The first-order valence-corrected chi connectivity index (χ1v) is 4.40. The fraction of sp³-hybridized carbons (Fsp3) is 0.333. The lowest BCUT2D eigenvalue weighted by Gasteiger charge is -2.01. The monoisotopic (exact) mass is 176 g/mol. The summed E-state index contributed by atoms with van der Waals surface area (Å²) < 4.78 is 1.86. The van der Waals surface area contributed by atoms with Gasteiger partial charge in [-0.05, 0) is 31.5 Å². The topological polar surface area (TPSA) is 56.2 Å². The van der Waals surface area contributed by atoms with Crippen LogP contribution >= 0.6 is 0 Å². The predicted octanol–water partition coefficient (Wildman–Crippen LogP) is 0.621. The summed E-state index contributed by atoms with van der Waals surface area (Å²) in [5.74, 6) is 0. The molecule has 0 aliphatic rings. The van der Waals surface area contributed by atoms with Crippen LogP contribution in [0, 0.1) is 0 Å². The first-order valence-electron chi connectivity index (χ1n) is 4.40. The fourth-order valence-corrected chi connectivity index (χ4v) is 1.38. The highest BCUT2D eigenvalue weighted by Crippen LogP contribution is 2.06. The molecule has 0 aromatic carbocycles. The van der Waals surface area contributed by atoms with E-state index in [1.807, 2.05) is 16.6 Å². The van der Waals surface area contributed by atoms with Gasteiger partial charge in [-0.3, -0.25) is 0 Å². The van der Waals surface area contributed by atoms with Gasteiger partial charge in [0.1, 0.15) is 0 Å². The van der Waals surface area contributed by atoms with Crippen molar-refractivity contribution in [1.29, 1.82) is 0 Å². The van der Waals surface area contributed by atoms with Crippen LogP contribution in [0.25, 0.3) is 5.52 Å². The van der Waals surface area contributed by atoms with Gasteiger partial charge in [-0.25, -0.2) is 4.52 Å². The van der Waals surface area contributed by atoms with E-state index in [9.17, 15) is 0 Å². The van der Waals surface area contributed by atoms with E-state index >= 15 is 0 Å². The number of fused-ring (bicyclic) bond motifs is 1. The first-order chi connectivity index (χ1) is 6.42. The van der Waals surface area contributed by atoms with Gasteiger partial charge < -0.3 is 5.73 Å². The van der Waals surface area contributed by atoms with Crippen molar-refractivity contribution in [3.63, 3.8) is 0 Å². The van der Waals surface area contributed by atoms with Crippen LogP contribution in [0.3, 0.4) is 0 Å². The third-order valence-electron chi connectivity index (χ3n) is 2.04. The normalized spacial score (nSPS) is 10.8. The summed E-state index contributed by atoms with van der Waals surface area (Å²) in [4.78, 5) is 0. The molecule has 0 amide bonds. The smallest absolute Gasteiger partial charge is 0.0868 e. The summed E-state index contributed by atoms with van der Waals surface area (Å²) in [6.07, 6.45) is 3.70. The second-order valence-corrected chi connectivity index (χ2v) is 2.98. The number of hydrogen-bond acceptors (Lipinski definition) is 3. The molecule has 4 heteroatoms. The molecule has 4 nitrogen and oxygen atoms in total. The number of pyridine rings is 1. The molecule has 2 N–H and O–H groups in total. The molecule has 2 heterocycles. The lowest BCUT2D eigenvalue weighted by Crippen LogP contribution is -2.04. The number of nitrogens with zero attached hydrogens (tertiary/aromatic N) is 3. The first kappa shape index (κ1) is 8.19. The number of aromatic nitrogens is 3. The third-order valence-corrected chi connectivity index (χ3v) is 2.04. The highest BCUT2D eigenvalue weighted by atomic mass is 15.4. The molecule has 0 unspecified atom stereocenters. The molecule has 13 heavy (non-hydrogen) atoms. The van der Waals surface area contributed by atoms with Gasteiger partial charge in [0.15, 0.2) is 0 Å². The van der Waals surface area contributed by atoms with Gasteiger partial charge in [0, 0.05) is 5.69 Å². The summed E-state index contributed by atoms with van der Waals surface area (Å²) in [5, 5.41) is 7.85. The molecule has 2 aromatic rings. The molecule has 2 rings (SSSR count). The Kier molecular flexibility index (Phi) is 2.23. The van der Waals surface area contributed by atoms with Gasteiger partial charge in [0.05, 0.1) is 11.7 Å². The van der Waals surface area contributed by atoms with Gasteiger partial charge >= 0.3 is 0 Å². The van der Waals surface area contributed by atoms with Crippen molar-refractivity contribution in [2.24, 2.45) is 5.73 Å². The fourth-order valence-electron chi connectivity index (χ4n) is 1.38. The Morgan fingerprint density at radius 3 is 3.15 bits per heavy atom. The Labute approximate surface area is 76.4 Å². The minimum absolute atomic E-state index is 0.713. The van der Waals surface area contributed by atoms with E-state index in [0.29, 0.717) is 6.54 Å². The Bertz CT molecular complexity index is 393. The van der Waals surface area contributed by atoms with E-state index in [0.717, 1.165) is 18.4 Å². The van der Waals surface area contributed by atoms with Crippen LogP contribution in [-0.4, -0.2) is 21.4 Å². The van der Waals surface area contributed by atoms with Gasteiger partial charge in [0.2, 0.25) is 0 Å². The molecule has 0 atom stereocenters. The molecule has 0 spiro atoms. The summed E-state index contributed by atoms with van der Waals surface area (Å²) in [7, 11) is 0. The highest BCUT2D eigenvalue weighted by molar-refractivity contribution is 5.43. The van der Waals surface area contributed by atoms with E-state index in [1.165, 1.54) is 5.69 Å². The lowest BCUT2D eigenvalue weighted by molar-refractivity contribution is 0.743. The van der Waals surface area contributed by atoms with E-state index in [1.54, 1.807) is 6.20 Å². The number of hydrogen-bond donors (Lipinski definition) is 1. The third kappa shape index (κ3) is 1.53. The van der Waals surface area contributed by atoms with E-state index in [-0.39, 0.29) is 0 Å². The van der Waals surface area contributed by atoms with Crippen LogP contribution < -0.4 is 5.73 Å².